The molecule has 25 heavy (non-hydrogen) atoms. The van der Waals surface area contributed by atoms with Crippen LogP contribution in [0.15, 0.2) is 18.2 Å². The molecule has 140 valence electrons. The zero-order valence-electron chi connectivity index (χ0n) is 15.2. The number of ether oxygens (including phenoxy) is 2. The third kappa shape index (κ3) is 4.85. The molecule has 1 fully saturated rings. The van der Waals surface area contributed by atoms with Crippen LogP contribution in [0.1, 0.15) is 18.4 Å². The van der Waals surface area contributed by atoms with Gasteiger partial charge in [0.05, 0.1) is 20.5 Å². The standard InChI is InChI=1S/C17H26N2O5S/c1-18(12-13-5-6-15(23-2)16(11-13)24-3)17(20)14-7-9-19(10-8-14)25(4,21)22/h5-6,11,14H,7-10,12H2,1-4H3. The molecule has 0 unspecified atom stereocenters. The summed E-state index contributed by atoms with van der Waals surface area (Å²) in [6.07, 6.45) is 2.32. The molecule has 1 aromatic rings. The molecule has 0 saturated carbocycles. The lowest BCUT2D eigenvalue weighted by Gasteiger charge is -2.31. The minimum Gasteiger partial charge on any atom is -0.493 e. The summed E-state index contributed by atoms with van der Waals surface area (Å²) >= 11 is 0. The van der Waals surface area contributed by atoms with Gasteiger partial charge in [0, 0.05) is 32.6 Å². The van der Waals surface area contributed by atoms with Crippen molar-refractivity contribution in [3.8, 4) is 11.5 Å². The number of piperidine rings is 1. The molecule has 8 heteroatoms. The van der Waals surface area contributed by atoms with Crippen LogP contribution in [0.4, 0.5) is 0 Å². The van der Waals surface area contributed by atoms with Crippen molar-refractivity contribution in [3.63, 3.8) is 0 Å². The van der Waals surface area contributed by atoms with Gasteiger partial charge in [0.2, 0.25) is 15.9 Å². The third-order valence-electron chi connectivity index (χ3n) is 4.52. The fourth-order valence-corrected chi connectivity index (χ4v) is 3.95. The second-order valence-electron chi connectivity index (χ2n) is 6.32. The predicted molar refractivity (Wildman–Crippen MR) is 95.2 cm³/mol. The molecular weight excluding hydrogens is 344 g/mol. The van der Waals surface area contributed by atoms with Gasteiger partial charge in [-0.2, -0.15) is 0 Å². The summed E-state index contributed by atoms with van der Waals surface area (Å²) in [5.41, 5.74) is 0.946. The Bertz CT molecular complexity index is 712. The molecule has 7 nitrogen and oxygen atoms in total. The number of hydrogen-bond donors (Lipinski definition) is 0. The van der Waals surface area contributed by atoms with Crippen molar-refractivity contribution in [2.45, 2.75) is 19.4 Å². The maximum Gasteiger partial charge on any atom is 0.225 e. The topological polar surface area (TPSA) is 76.2 Å². The molecule has 0 aromatic heterocycles. The molecule has 1 aliphatic rings. The van der Waals surface area contributed by atoms with Crippen LogP contribution in [0.3, 0.4) is 0 Å². The lowest BCUT2D eigenvalue weighted by atomic mass is 9.96. The van der Waals surface area contributed by atoms with Crippen molar-refractivity contribution in [3.05, 3.63) is 23.8 Å². The molecule has 0 atom stereocenters. The maximum absolute atomic E-state index is 12.6. The van der Waals surface area contributed by atoms with E-state index in [1.807, 2.05) is 18.2 Å². The number of nitrogens with zero attached hydrogens (tertiary/aromatic N) is 2. The van der Waals surface area contributed by atoms with Gasteiger partial charge in [0.15, 0.2) is 11.5 Å². The van der Waals surface area contributed by atoms with E-state index in [0.717, 1.165) is 5.56 Å². The van der Waals surface area contributed by atoms with E-state index in [1.165, 1.54) is 10.6 Å². The van der Waals surface area contributed by atoms with E-state index >= 15 is 0 Å². The minimum atomic E-state index is -3.18. The molecule has 0 bridgehead atoms. The summed E-state index contributed by atoms with van der Waals surface area (Å²) in [7, 11) is 1.75. The highest BCUT2D eigenvalue weighted by molar-refractivity contribution is 7.88. The van der Waals surface area contributed by atoms with Gasteiger partial charge in [-0.1, -0.05) is 6.07 Å². The highest BCUT2D eigenvalue weighted by Crippen LogP contribution is 2.28. The zero-order chi connectivity index (χ0) is 18.6. The van der Waals surface area contributed by atoms with Crippen molar-refractivity contribution in [2.75, 3.05) is 40.6 Å². The molecule has 1 heterocycles. The third-order valence-corrected chi connectivity index (χ3v) is 5.82. The Kier molecular flexibility index (Phi) is 6.29. The molecule has 1 saturated heterocycles. The van der Waals surface area contributed by atoms with E-state index in [1.54, 1.807) is 26.2 Å². The van der Waals surface area contributed by atoms with Gasteiger partial charge >= 0.3 is 0 Å². The Morgan fingerprint density at radius 1 is 1.20 bits per heavy atom. The van der Waals surface area contributed by atoms with Crippen LogP contribution < -0.4 is 9.47 Å². The molecule has 0 N–H and O–H groups in total. The second kappa shape index (κ2) is 8.05. The van der Waals surface area contributed by atoms with Crippen molar-refractivity contribution in [1.29, 1.82) is 0 Å². The summed E-state index contributed by atoms with van der Waals surface area (Å²) in [6.45, 7) is 1.27. The minimum absolute atomic E-state index is 0.0444. The number of rotatable bonds is 6. The van der Waals surface area contributed by atoms with Gasteiger partial charge in [0.25, 0.3) is 0 Å². The summed E-state index contributed by atoms with van der Waals surface area (Å²) in [6, 6.07) is 5.57. The quantitative estimate of drug-likeness (QED) is 0.755. The number of carbonyl (C=O) groups excluding carboxylic acids is 1. The number of sulfonamides is 1. The van der Waals surface area contributed by atoms with Crippen LogP contribution in [0.5, 0.6) is 11.5 Å². The van der Waals surface area contributed by atoms with E-state index in [2.05, 4.69) is 0 Å². The maximum atomic E-state index is 12.6. The summed E-state index contributed by atoms with van der Waals surface area (Å²) in [5, 5.41) is 0. The van der Waals surface area contributed by atoms with E-state index in [4.69, 9.17) is 9.47 Å². The molecule has 2 rings (SSSR count). The average Bonchev–Trinajstić information content (AvgIpc) is 2.60. The predicted octanol–water partition coefficient (Wildman–Crippen LogP) is 1.33. The molecule has 0 aliphatic carbocycles. The van der Waals surface area contributed by atoms with E-state index in [-0.39, 0.29) is 11.8 Å². The summed E-state index contributed by atoms with van der Waals surface area (Å²) < 4.78 is 35.1. The van der Waals surface area contributed by atoms with Crippen LogP contribution in [0, 0.1) is 5.92 Å². The smallest absolute Gasteiger partial charge is 0.225 e. The fraction of sp³-hybridized carbons (Fsp3) is 0.588. The fourth-order valence-electron chi connectivity index (χ4n) is 3.08. The second-order valence-corrected chi connectivity index (χ2v) is 8.30. The van der Waals surface area contributed by atoms with Gasteiger partial charge in [-0.05, 0) is 30.5 Å². The average molecular weight is 370 g/mol. The highest BCUT2D eigenvalue weighted by Gasteiger charge is 2.30. The number of carbonyl (C=O) groups is 1. The monoisotopic (exact) mass is 370 g/mol. The van der Waals surface area contributed by atoms with Gasteiger partial charge in [0.1, 0.15) is 0 Å². The number of benzene rings is 1. The van der Waals surface area contributed by atoms with Gasteiger partial charge in [-0.3, -0.25) is 4.79 Å². The molecule has 0 radical (unpaired) electrons. The Hall–Kier alpha value is -1.80. The molecular formula is C17H26N2O5S. The Labute approximate surface area is 149 Å². The van der Waals surface area contributed by atoms with Crippen molar-refractivity contribution >= 4 is 15.9 Å². The zero-order valence-corrected chi connectivity index (χ0v) is 16.0. The first-order valence-corrected chi connectivity index (χ1v) is 10.0. The van der Waals surface area contributed by atoms with Crippen molar-refractivity contribution in [2.24, 2.45) is 5.92 Å². The molecule has 0 spiro atoms. The van der Waals surface area contributed by atoms with Gasteiger partial charge in [-0.15, -0.1) is 0 Å². The van der Waals surface area contributed by atoms with E-state index < -0.39 is 10.0 Å². The molecule has 1 amide bonds. The first-order valence-electron chi connectivity index (χ1n) is 8.17. The van der Waals surface area contributed by atoms with Gasteiger partial charge < -0.3 is 14.4 Å². The van der Waals surface area contributed by atoms with E-state index in [0.29, 0.717) is 44.0 Å². The van der Waals surface area contributed by atoms with Crippen LogP contribution >= 0.6 is 0 Å². The summed E-state index contributed by atoms with van der Waals surface area (Å²) in [5.74, 6) is 1.18. The van der Waals surface area contributed by atoms with Crippen molar-refractivity contribution < 1.29 is 22.7 Å². The largest absolute Gasteiger partial charge is 0.493 e. The normalized spacial score (nSPS) is 16.5. The number of amides is 1. The first-order chi connectivity index (χ1) is 11.8. The lowest BCUT2D eigenvalue weighted by molar-refractivity contribution is -0.135. The lowest BCUT2D eigenvalue weighted by Crippen LogP contribution is -2.42. The van der Waals surface area contributed by atoms with Crippen LogP contribution in [-0.2, 0) is 21.4 Å². The first kappa shape index (κ1) is 19.5. The van der Waals surface area contributed by atoms with Crippen LogP contribution in [0.2, 0.25) is 0 Å². The molecule has 1 aromatic carbocycles. The van der Waals surface area contributed by atoms with Crippen LogP contribution in [-0.4, -0.2) is 64.1 Å². The number of hydrogen-bond acceptors (Lipinski definition) is 5. The Morgan fingerprint density at radius 3 is 2.32 bits per heavy atom. The van der Waals surface area contributed by atoms with Gasteiger partial charge in [-0.25, -0.2) is 12.7 Å². The Morgan fingerprint density at radius 2 is 1.80 bits per heavy atom. The SMILES string of the molecule is COc1ccc(CN(C)C(=O)C2CCN(S(C)(=O)=O)CC2)cc1OC. The van der Waals surface area contributed by atoms with Crippen LogP contribution in [0.25, 0.3) is 0 Å². The highest BCUT2D eigenvalue weighted by atomic mass is 32.2. The molecule has 1 aliphatic heterocycles. The number of methoxy groups -OCH3 is 2. The van der Waals surface area contributed by atoms with Crippen molar-refractivity contribution in [1.82, 2.24) is 9.21 Å². The van der Waals surface area contributed by atoms with E-state index in [9.17, 15) is 13.2 Å². The summed E-state index contributed by atoms with van der Waals surface area (Å²) in [4.78, 5) is 14.3. The Balaban J connectivity index is 1.97.